The Morgan fingerprint density at radius 2 is 1.93 bits per heavy atom. The highest BCUT2D eigenvalue weighted by Crippen LogP contribution is 2.30. The van der Waals surface area contributed by atoms with Crippen LogP contribution in [0.4, 0.5) is 19.0 Å². The number of hydrogen-bond donors (Lipinski definition) is 1. The molecule has 150 valence electrons. The van der Waals surface area contributed by atoms with Crippen molar-refractivity contribution >= 4 is 11.7 Å². The van der Waals surface area contributed by atoms with Crippen LogP contribution in [-0.4, -0.2) is 42.1 Å². The van der Waals surface area contributed by atoms with E-state index in [0.717, 1.165) is 6.07 Å². The number of ether oxygens (including phenoxy) is 1. The summed E-state index contributed by atoms with van der Waals surface area (Å²) in [6.07, 6.45) is -3.29. The third-order valence-corrected chi connectivity index (χ3v) is 4.60. The molecule has 3 rings (SSSR count). The molecule has 0 aliphatic carbocycles. The Kier molecular flexibility index (Phi) is 5.71. The summed E-state index contributed by atoms with van der Waals surface area (Å²) in [5, 5.41) is 2.97. The van der Waals surface area contributed by atoms with Crippen molar-refractivity contribution in [2.75, 3.05) is 25.1 Å². The monoisotopic (exact) mass is 394 g/mol. The van der Waals surface area contributed by atoms with Crippen LogP contribution >= 0.6 is 0 Å². The van der Waals surface area contributed by atoms with Crippen LogP contribution in [-0.2, 0) is 6.18 Å². The highest BCUT2D eigenvalue weighted by Gasteiger charge is 2.34. The van der Waals surface area contributed by atoms with Gasteiger partial charge in [0, 0.05) is 30.8 Å². The first-order valence-electron chi connectivity index (χ1n) is 8.89. The first-order chi connectivity index (χ1) is 13.3. The summed E-state index contributed by atoms with van der Waals surface area (Å²) < 4.78 is 44.0. The average Bonchev–Trinajstić information content (AvgIpc) is 2.67. The van der Waals surface area contributed by atoms with Gasteiger partial charge in [0.05, 0.1) is 7.11 Å². The summed E-state index contributed by atoms with van der Waals surface area (Å²) >= 11 is 0. The number of aromatic nitrogens is 2. The lowest BCUT2D eigenvalue weighted by Crippen LogP contribution is -2.45. The maximum Gasteiger partial charge on any atom is 0.433 e. The summed E-state index contributed by atoms with van der Waals surface area (Å²) in [6.45, 7) is 2.44. The molecule has 0 saturated carbocycles. The van der Waals surface area contributed by atoms with Crippen molar-refractivity contribution in [3.05, 3.63) is 47.4 Å². The third-order valence-electron chi connectivity index (χ3n) is 4.60. The van der Waals surface area contributed by atoms with Crippen LogP contribution in [0.5, 0.6) is 5.75 Å². The molecule has 1 aromatic carbocycles. The second-order valence-corrected chi connectivity index (χ2v) is 6.62. The maximum atomic E-state index is 13.0. The topological polar surface area (TPSA) is 67.3 Å². The number of carbonyl (C=O) groups excluding carboxylic acids is 1. The Morgan fingerprint density at radius 3 is 2.57 bits per heavy atom. The highest BCUT2D eigenvalue weighted by molar-refractivity contribution is 5.94. The first kappa shape index (κ1) is 19.9. The number of halogens is 3. The minimum absolute atomic E-state index is 0.0556. The van der Waals surface area contributed by atoms with Crippen LogP contribution in [0.3, 0.4) is 0 Å². The molecule has 0 spiro atoms. The SMILES string of the molecule is COc1cccc(C(=O)NC2CCN(c3cc(C(F)(F)F)nc(C)n3)CC2)c1. The predicted octanol–water partition coefficient (Wildman–Crippen LogP) is 3.21. The fourth-order valence-electron chi connectivity index (χ4n) is 3.15. The molecule has 9 heteroatoms. The summed E-state index contributed by atoms with van der Waals surface area (Å²) in [6, 6.07) is 7.78. The molecule has 1 aliphatic rings. The van der Waals surface area contributed by atoms with Crippen LogP contribution in [0.2, 0.25) is 0 Å². The van der Waals surface area contributed by atoms with Crippen molar-refractivity contribution in [2.45, 2.75) is 32.0 Å². The number of piperidine rings is 1. The van der Waals surface area contributed by atoms with Gasteiger partial charge in [-0.2, -0.15) is 13.2 Å². The Balaban J connectivity index is 1.62. The van der Waals surface area contributed by atoms with Gasteiger partial charge < -0.3 is 15.0 Å². The van der Waals surface area contributed by atoms with Gasteiger partial charge in [-0.25, -0.2) is 9.97 Å². The number of hydrogen-bond acceptors (Lipinski definition) is 5. The van der Waals surface area contributed by atoms with E-state index in [1.165, 1.54) is 14.0 Å². The van der Waals surface area contributed by atoms with Gasteiger partial charge in [0.1, 0.15) is 23.1 Å². The van der Waals surface area contributed by atoms with E-state index in [1.807, 2.05) is 0 Å². The van der Waals surface area contributed by atoms with Gasteiger partial charge in [-0.1, -0.05) is 6.07 Å². The van der Waals surface area contributed by atoms with E-state index in [-0.39, 0.29) is 23.6 Å². The Labute approximate surface area is 160 Å². The lowest BCUT2D eigenvalue weighted by atomic mass is 10.0. The number of carbonyl (C=O) groups is 1. The first-order valence-corrected chi connectivity index (χ1v) is 8.89. The average molecular weight is 394 g/mol. The van der Waals surface area contributed by atoms with Crippen molar-refractivity contribution in [1.82, 2.24) is 15.3 Å². The molecule has 1 aromatic heterocycles. The molecular formula is C19H21F3N4O2. The van der Waals surface area contributed by atoms with Gasteiger partial charge >= 0.3 is 6.18 Å². The molecule has 0 radical (unpaired) electrons. The van der Waals surface area contributed by atoms with Gasteiger partial charge in [-0.3, -0.25) is 4.79 Å². The molecule has 6 nitrogen and oxygen atoms in total. The summed E-state index contributed by atoms with van der Waals surface area (Å²) in [5.74, 6) is 0.743. The number of benzene rings is 1. The number of aryl methyl sites for hydroxylation is 1. The van der Waals surface area contributed by atoms with E-state index in [1.54, 1.807) is 29.2 Å². The minimum atomic E-state index is -4.51. The normalized spacial score (nSPS) is 15.4. The van der Waals surface area contributed by atoms with E-state index in [2.05, 4.69) is 15.3 Å². The van der Waals surface area contributed by atoms with Crippen LogP contribution in [0.1, 0.15) is 34.7 Å². The third kappa shape index (κ3) is 4.71. The molecule has 2 heterocycles. The molecule has 2 aromatic rings. The number of nitrogens with one attached hydrogen (secondary N) is 1. The van der Waals surface area contributed by atoms with Crippen molar-refractivity contribution in [3.63, 3.8) is 0 Å². The Bertz CT molecular complexity index is 849. The number of methoxy groups -OCH3 is 1. The zero-order valence-electron chi connectivity index (χ0n) is 15.6. The second-order valence-electron chi connectivity index (χ2n) is 6.62. The molecule has 28 heavy (non-hydrogen) atoms. The number of alkyl halides is 3. The highest BCUT2D eigenvalue weighted by atomic mass is 19.4. The van der Waals surface area contributed by atoms with Crippen LogP contribution < -0.4 is 15.0 Å². The quantitative estimate of drug-likeness (QED) is 0.863. The summed E-state index contributed by atoms with van der Waals surface area (Å²) in [7, 11) is 1.53. The van der Waals surface area contributed by atoms with Gasteiger partial charge in [0.2, 0.25) is 0 Å². The van der Waals surface area contributed by atoms with Gasteiger partial charge in [0.15, 0.2) is 0 Å². The fraction of sp³-hybridized carbons (Fsp3) is 0.421. The van der Waals surface area contributed by atoms with Crippen molar-refractivity contribution < 1.29 is 22.7 Å². The fourth-order valence-corrected chi connectivity index (χ4v) is 3.15. The van der Waals surface area contributed by atoms with Crippen molar-refractivity contribution in [2.24, 2.45) is 0 Å². The molecule has 1 N–H and O–H groups in total. The molecule has 0 unspecified atom stereocenters. The van der Waals surface area contributed by atoms with Crippen LogP contribution in [0.15, 0.2) is 30.3 Å². The van der Waals surface area contributed by atoms with E-state index in [9.17, 15) is 18.0 Å². The van der Waals surface area contributed by atoms with Gasteiger partial charge in [0.25, 0.3) is 5.91 Å². The second kappa shape index (κ2) is 8.04. The summed E-state index contributed by atoms with van der Waals surface area (Å²) in [4.78, 5) is 21.8. The molecule has 1 amide bonds. The largest absolute Gasteiger partial charge is 0.497 e. The molecule has 1 fully saturated rings. The molecule has 1 aliphatic heterocycles. The lowest BCUT2D eigenvalue weighted by molar-refractivity contribution is -0.141. The standard InChI is InChI=1S/C19H21F3N4O2/c1-12-23-16(19(20,21)22)11-17(24-12)26-8-6-14(7-9-26)25-18(27)13-4-3-5-15(10-13)28-2/h3-5,10-11,14H,6-9H2,1-2H3,(H,25,27). The van der Waals surface area contributed by atoms with E-state index in [0.29, 0.717) is 37.2 Å². The predicted molar refractivity (Wildman–Crippen MR) is 97.5 cm³/mol. The molecule has 0 bridgehead atoms. The van der Waals surface area contributed by atoms with E-state index in [4.69, 9.17) is 4.74 Å². The van der Waals surface area contributed by atoms with Gasteiger partial charge in [-0.15, -0.1) is 0 Å². The maximum absolute atomic E-state index is 13.0. The summed E-state index contributed by atoms with van der Waals surface area (Å²) in [5.41, 5.74) is -0.438. The number of amides is 1. The lowest BCUT2D eigenvalue weighted by Gasteiger charge is -2.33. The van der Waals surface area contributed by atoms with E-state index < -0.39 is 11.9 Å². The van der Waals surface area contributed by atoms with Crippen LogP contribution in [0, 0.1) is 6.92 Å². The van der Waals surface area contributed by atoms with Gasteiger partial charge in [-0.05, 0) is 38.0 Å². The smallest absolute Gasteiger partial charge is 0.433 e. The molecular weight excluding hydrogens is 373 g/mol. The minimum Gasteiger partial charge on any atom is -0.497 e. The number of rotatable bonds is 4. The van der Waals surface area contributed by atoms with Crippen molar-refractivity contribution in [3.8, 4) is 5.75 Å². The van der Waals surface area contributed by atoms with Crippen LogP contribution in [0.25, 0.3) is 0 Å². The Morgan fingerprint density at radius 1 is 1.21 bits per heavy atom. The van der Waals surface area contributed by atoms with Crippen molar-refractivity contribution in [1.29, 1.82) is 0 Å². The molecule has 0 atom stereocenters. The zero-order valence-corrected chi connectivity index (χ0v) is 15.6. The molecule has 1 saturated heterocycles. The Hall–Kier alpha value is -2.84. The van der Waals surface area contributed by atoms with E-state index >= 15 is 0 Å². The number of nitrogens with zero attached hydrogens (tertiary/aromatic N) is 3. The zero-order chi connectivity index (χ0) is 20.3. The number of anilines is 1.